The molecule has 1 saturated heterocycles. The highest BCUT2D eigenvalue weighted by atomic mass is 32.1. The van der Waals surface area contributed by atoms with Gasteiger partial charge in [-0.1, -0.05) is 6.07 Å². The summed E-state index contributed by atoms with van der Waals surface area (Å²) in [5.74, 6) is 1.74. The monoisotopic (exact) mass is 307 g/mol. The summed E-state index contributed by atoms with van der Waals surface area (Å²) < 4.78 is 5.68. The second-order valence-electron chi connectivity index (χ2n) is 6.03. The lowest BCUT2D eigenvalue weighted by Gasteiger charge is -2.19. The molecular weight excluding hydrogens is 282 g/mol. The minimum Gasteiger partial charge on any atom is -0.376 e. The zero-order chi connectivity index (χ0) is 14.5. The summed E-state index contributed by atoms with van der Waals surface area (Å²) in [7, 11) is 0. The lowest BCUT2D eigenvalue weighted by Crippen LogP contribution is -2.42. The molecule has 0 aromatic carbocycles. The van der Waals surface area contributed by atoms with Crippen LogP contribution >= 0.6 is 11.3 Å². The Kier molecular flexibility index (Phi) is 5.14. The molecule has 5 heteroatoms. The maximum atomic E-state index is 5.68. The fraction of sp³-hybridized carbons (Fsp3) is 0.688. The SMILES string of the molecule is C[C@H](NC(=NCC1CC1)NC[C@H]1CCCO1)c1cccs1. The van der Waals surface area contributed by atoms with Gasteiger partial charge in [0.25, 0.3) is 0 Å². The molecule has 0 amide bonds. The molecular formula is C16H25N3OS. The molecule has 0 bridgehead atoms. The first-order valence-electron chi connectivity index (χ1n) is 8.01. The lowest BCUT2D eigenvalue weighted by atomic mass is 10.2. The number of ether oxygens (including phenoxy) is 1. The Morgan fingerprint density at radius 3 is 3.05 bits per heavy atom. The van der Waals surface area contributed by atoms with E-state index in [1.807, 2.05) is 0 Å². The van der Waals surface area contributed by atoms with Crippen LogP contribution in [0.4, 0.5) is 0 Å². The molecule has 2 heterocycles. The van der Waals surface area contributed by atoms with Crippen LogP contribution in [0.25, 0.3) is 0 Å². The predicted molar refractivity (Wildman–Crippen MR) is 87.9 cm³/mol. The molecule has 1 aliphatic heterocycles. The number of aliphatic imine (C=N–C) groups is 1. The third-order valence-corrected chi connectivity index (χ3v) is 5.10. The van der Waals surface area contributed by atoms with Crippen molar-refractivity contribution in [3.8, 4) is 0 Å². The summed E-state index contributed by atoms with van der Waals surface area (Å²) >= 11 is 1.78. The van der Waals surface area contributed by atoms with Crippen molar-refractivity contribution in [1.82, 2.24) is 10.6 Å². The Morgan fingerprint density at radius 2 is 2.38 bits per heavy atom. The maximum Gasteiger partial charge on any atom is 0.191 e. The molecule has 1 aromatic heterocycles. The van der Waals surface area contributed by atoms with Gasteiger partial charge in [0.05, 0.1) is 12.1 Å². The summed E-state index contributed by atoms with van der Waals surface area (Å²) in [6, 6.07) is 4.56. The molecule has 2 fully saturated rings. The first-order chi connectivity index (χ1) is 10.3. The van der Waals surface area contributed by atoms with E-state index in [2.05, 4.69) is 35.1 Å². The van der Waals surface area contributed by atoms with Gasteiger partial charge in [0.1, 0.15) is 0 Å². The van der Waals surface area contributed by atoms with Crippen LogP contribution in [0.1, 0.15) is 43.5 Å². The summed E-state index contributed by atoms with van der Waals surface area (Å²) in [5.41, 5.74) is 0. The molecule has 0 spiro atoms. The molecule has 3 rings (SSSR count). The van der Waals surface area contributed by atoms with Crippen LogP contribution in [-0.2, 0) is 4.74 Å². The molecule has 0 radical (unpaired) electrons. The van der Waals surface area contributed by atoms with E-state index >= 15 is 0 Å². The molecule has 116 valence electrons. The Labute approximate surface area is 131 Å². The number of hydrogen-bond acceptors (Lipinski definition) is 3. The van der Waals surface area contributed by atoms with Gasteiger partial charge in [-0.15, -0.1) is 11.3 Å². The van der Waals surface area contributed by atoms with E-state index in [4.69, 9.17) is 9.73 Å². The number of guanidine groups is 1. The number of thiophene rings is 1. The Bertz CT molecular complexity index is 450. The van der Waals surface area contributed by atoms with Crippen LogP contribution in [0, 0.1) is 5.92 Å². The quantitative estimate of drug-likeness (QED) is 0.627. The largest absolute Gasteiger partial charge is 0.376 e. The van der Waals surface area contributed by atoms with Gasteiger partial charge in [-0.2, -0.15) is 0 Å². The van der Waals surface area contributed by atoms with Crippen molar-refractivity contribution in [3.05, 3.63) is 22.4 Å². The average molecular weight is 307 g/mol. The highest BCUT2D eigenvalue weighted by molar-refractivity contribution is 7.10. The van der Waals surface area contributed by atoms with Crippen molar-refractivity contribution in [1.29, 1.82) is 0 Å². The van der Waals surface area contributed by atoms with E-state index in [9.17, 15) is 0 Å². The van der Waals surface area contributed by atoms with E-state index < -0.39 is 0 Å². The van der Waals surface area contributed by atoms with Crippen LogP contribution in [0.2, 0.25) is 0 Å². The first kappa shape index (κ1) is 14.9. The third-order valence-electron chi connectivity index (χ3n) is 4.05. The Morgan fingerprint density at radius 1 is 1.48 bits per heavy atom. The topological polar surface area (TPSA) is 45.7 Å². The molecule has 1 saturated carbocycles. The second-order valence-corrected chi connectivity index (χ2v) is 7.01. The number of nitrogens with one attached hydrogen (secondary N) is 2. The van der Waals surface area contributed by atoms with Gasteiger partial charge in [-0.3, -0.25) is 4.99 Å². The normalized spacial score (nSPS) is 24.0. The van der Waals surface area contributed by atoms with Gasteiger partial charge in [0, 0.05) is 24.6 Å². The molecule has 1 aromatic rings. The lowest BCUT2D eigenvalue weighted by molar-refractivity contribution is 0.113. The van der Waals surface area contributed by atoms with Gasteiger partial charge in [-0.05, 0) is 50.0 Å². The summed E-state index contributed by atoms with van der Waals surface area (Å²) in [6.07, 6.45) is 5.35. The highest BCUT2D eigenvalue weighted by Crippen LogP contribution is 2.28. The van der Waals surface area contributed by atoms with Crippen LogP contribution in [0.3, 0.4) is 0 Å². The number of nitrogens with zero attached hydrogens (tertiary/aromatic N) is 1. The summed E-state index contributed by atoms with van der Waals surface area (Å²) in [6.45, 7) is 4.89. The van der Waals surface area contributed by atoms with Crippen LogP contribution in [-0.4, -0.2) is 31.8 Å². The van der Waals surface area contributed by atoms with E-state index in [1.54, 1.807) is 11.3 Å². The van der Waals surface area contributed by atoms with Gasteiger partial charge >= 0.3 is 0 Å². The third kappa shape index (κ3) is 4.71. The molecule has 2 N–H and O–H groups in total. The van der Waals surface area contributed by atoms with Crippen LogP contribution in [0.15, 0.2) is 22.5 Å². The van der Waals surface area contributed by atoms with Crippen LogP contribution < -0.4 is 10.6 Å². The Hall–Kier alpha value is -1.07. The van der Waals surface area contributed by atoms with Crippen molar-refractivity contribution in [3.63, 3.8) is 0 Å². The summed E-state index contributed by atoms with van der Waals surface area (Å²) in [5, 5.41) is 9.10. The molecule has 1 aliphatic carbocycles. The molecule has 21 heavy (non-hydrogen) atoms. The van der Waals surface area contributed by atoms with E-state index in [0.717, 1.165) is 38.0 Å². The van der Waals surface area contributed by atoms with Crippen molar-refractivity contribution in [2.24, 2.45) is 10.9 Å². The standard InChI is InChI=1S/C16H25N3OS/c1-12(15-5-3-9-21-15)19-16(17-10-13-6-7-13)18-11-14-4-2-8-20-14/h3,5,9,12-14H,2,4,6-8,10-11H2,1H3,(H2,17,18,19)/t12-,14+/m0/s1. The van der Waals surface area contributed by atoms with Crippen LogP contribution in [0.5, 0.6) is 0 Å². The fourth-order valence-corrected chi connectivity index (χ4v) is 3.24. The summed E-state index contributed by atoms with van der Waals surface area (Å²) in [4.78, 5) is 6.08. The number of rotatable bonds is 6. The predicted octanol–water partition coefficient (Wildman–Crippen LogP) is 2.93. The zero-order valence-corrected chi connectivity index (χ0v) is 13.5. The van der Waals surface area contributed by atoms with E-state index in [1.165, 1.54) is 24.1 Å². The molecule has 2 aliphatic rings. The highest BCUT2D eigenvalue weighted by Gasteiger charge is 2.21. The van der Waals surface area contributed by atoms with Crippen molar-refractivity contribution in [2.75, 3.05) is 19.7 Å². The maximum absolute atomic E-state index is 5.68. The average Bonchev–Trinajstić information content (AvgIpc) is 2.97. The van der Waals surface area contributed by atoms with E-state index in [0.29, 0.717) is 12.1 Å². The molecule has 2 atom stereocenters. The van der Waals surface area contributed by atoms with Crippen molar-refractivity contribution < 1.29 is 4.74 Å². The van der Waals surface area contributed by atoms with Gasteiger partial charge < -0.3 is 15.4 Å². The van der Waals surface area contributed by atoms with E-state index in [-0.39, 0.29) is 0 Å². The van der Waals surface area contributed by atoms with Crippen molar-refractivity contribution >= 4 is 17.3 Å². The molecule has 4 nitrogen and oxygen atoms in total. The van der Waals surface area contributed by atoms with Gasteiger partial charge in [-0.25, -0.2) is 0 Å². The number of hydrogen-bond donors (Lipinski definition) is 2. The minimum absolute atomic E-state index is 0.292. The second kappa shape index (κ2) is 7.27. The molecule has 0 unspecified atom stereocenters. The minimum atomic E-state index is 0.292. The fourth-order valence-electron chi connectivity index (χ4n) is 2.50. The Balaban J connectivity index is 1.53. The zero-order valence-electron chi connectivity index (χ0n) is 12.7. The first-order valence-corrected chi connectivity index (χ1v) is 8.89. The smallest absolute Gasteiger partial charge is 0.191 e. The van der Waals surface area contributed by atoms with Crippen molar-refractivity contribution in [2.45, 2.75) is 44.8 Å². The van der Waals surface area contributed by atoms with Gasteiger partial charge in [0.2, 0.25) is 0 Å². The van der Waals surface area contributed by atoms with Gasteiger partial charge in [0.15, 0.2) is 5.96 Å².